The molecule has 0 aliphatic carbocycles. The SMILES string of the molecule is O=C(Cn1cnc2sccc2c1=O)Nc1nnc(SCc2ccc(F)cc2)s1. The summed E-state index contributed by atoms with van der Waals surface area (Å²) in [5.41, 5.74) is 0.706. The summed E-state index contributed by atoms with van der Waals surface area (Å²) in [5, 5.41) is 13.2. The molecule has 4 rings (SSSR count). The zero-order valence-electron chi connectivity index (χ0n) is 14.2. The Labute approximate surface area is 170 Å². The van der Waals surface area contributed by atoms with Crippen LogP contribution in [0.25, 0.3) is 10.2 Å². The molecular weight excluding hydrogens is 421 g/mol. The van der Waals surface area contributed by atoms with Crippen molar-refractivity contribution in [3.63, 3.8) is 0 Å². The van der Waals surface area contributed by atoms with Gasteiger partial charge in [-0.2, -0.15) is 0 Å². The lowest BCUT2D eigenvalue weighted by Crippen LogP contribution is -2.27. The van der Waals surface area contributed by atoms with Crippen LogP contribution in [-0.4, -0.2) is 25.7 Å². The van der Waals surface area contributed by atoms with Gasteiger partial charge in [0.15, 0.2) is 4.34 Å². The van der Waals surface area contributed by atoms with Crippen molar-refractivity contribution in [1.29, 1.82) is 0 Å². The Bertz CT molecular complexity index is 1190. The molecule has 0 unspecified atom stereocenters. The molecule has 3 aromatic heterocycles. The molecule has 11 heteroatoms. The van der Waals surface area contributed by atoms with Crippen molar-refractivity contribution in [2.24, 2.45) is 0 Å². The Morgan fingerprint density at radius 1 is 1.21 bits per heavy atom. The predicted octanol–water partition coefficient (Wildman–Crippen LogP) is 3.38. The summed E-state index contributed by atoms with van der Waals surface area (Å²) in [7, 11) is 0. The fourth-order valence-electron chi connectivity index (χ4n) is 2.36. The van der Waals surface area contributed by atoms with Crippen molar-refractivity contribution in [1.82, 2.24) is 19.7 Å². The van der Waals surface area contributed by atoms with Gasteiger partial charge in [-0.15, -0.1) is 21.5 Å². The Hall–Kier alpha value is -2.63. The highest BCUT2D eigenvalue weighted by Gasteiger charge is 2.12. The summed E-state index contributed by atoms with van der Waals surface area (Å²) >= 11 is 4.05. The van der Waals surface area contributed by atoms with Gasteiger partial charge in [-0.25, -0.2) is 9.37 Å². The van der Waals surface area contributed by atoms with Crippen LogP contribution in [0.15, 0.2) is 51.2 Å². The monoisotopic (exact) mass is 433 g/mol. The van der Waals surface area contributed by atoms with Gasteiger partial charge in [0.25, 0.3) is 5.56 Å². The molecule has 1 aromatic carbocycles. The molecule has 28 heavy (non-hydrogen) atoms. The molecule has 3 heterocycles. The summed E-state index contributed by atoms with van der Waals surface area (Å²) in [6.07, 6.45) is 1.37. The second-order valence-corrected chi connectivity index (χ2v) is 8.75. The topological polar surface area (TPSA) is 89.8 Å². The van der Waals surface area contributed by atoms with Crippen molar-refractivity contribution in [2.75, 3.05) is 5.32 Å². The van der Waals surface area contributed by atoms with E-state index in [1.807, 2.05) is 0 Å². The van der Waals surface area contributed by atoms with E-state index in [1.165, 1.54) is 57.5 Å². The normalized spacial score (nSPS) is 11.0. The number of thioether (sulfide) groups is 1. The van der Waals surface area contributed by atoms with E-state index in [0.717, 1.165) is 5.56 Å². The molecule has 1 N–H and O–H groups in total. The smallest absolute Gasteiger partial charge is 0.262 e. The van der Waals surface area contributed by atoms with Crippen LogP contribution >= 0.6 is 34.4 Å². The van der Waals surface area contributed by atoms with E-state index in [2.05, 4.69) is 20.5 Å². The van der Waals surface area contributed by atoms with Gasteiger partial charge in [-0.05, 0) is 29.1 Å². The minimum Gasteiger partial charge on any atom is -0.299 e. The summed E-state index contributed by atoms with van der Waals surface area (Å²) in [4.78, 5) is 29.4. The van der Waals surface area contributed by atoms with Crippen LogP contribution in [0.5, 0.6) is 0 Å². The van der Waals surface area contributed by atoms with E-state index in [9.17, 15) is 14.0 Å². The first kappa shape index (κ1) is 18.7. The number of rotatable bonds is 6. The summed E-state index contributed by atoms with van der Waals surface area (Å²) in [6.45, 7) is -0.157. The van der Waals surface area contributed by atoms with E-state index >= 15 is 0 Å². The quantitative estimate of drug-likeness (QED) is 0.370. The summed E-state index contributed by atoms with van der Waals surface area (Å²) < 4.78 is 14.9. The van der Waals surface area contributed by atoms with Crippen LogP contribution in [0, 0.1) is 5.82 Å². The molecule has 0 bridgehead atoms. The lowest BCUT2D eigenvalue weighted by Gasteiger charge is -2.04. The van der Waals surface area contributed by atoms with Crippen LogP contribution in [-0.2, 0) is 17.1 Å². The number of carbonyl (C=O) groups is 1. The van der Waals surface area contributed by atoms with E-state index in [-0.39, 0.29) is 23.8 Å². The van der Waals surface area contributed by atoms with Gasteiger partial charge < -0.3 is 0 Å². The van der Waals surface area contributed by atoms with Crippen LogP contribution < -0.4 is 10.9 Å². The maximum absolute atomic E-state index is 12.9. The number of anilines is 1. The van der Waals surface area contributed by atoms with Gasteiger partial charge >= 0.3 is 0 Å². The third-order valence-corrected chi connectivity index (χ3v) is 6.56. The van der Waals surface area contributed by atoms with Crippen LogP contribution in [0.4, 0.5) is 9.52 Å². The van der Waals surface area contributed by atoms with E-state index < -0.39 is 0 Å². The van der Waals surface area contributed by atoms with Crippen molar-refractivity contribution in [3.05, 3.63) is 63.8 Å². The Morgan fingerprint density at radius 2 is 2.04 bits per heavy atom. The summed E-state index contributed by atoms with van der Waals surface area (Å²) in [6, 6.07) is 7.93. The van der Waals surface area contributed by atoms with Crippen molar-refractivity contribution in [2.45, 2.75) is 16.6 Å². The largest absolute Gasteiger partial charge is 0.299 e. The number of thiophene rings is 1. The highest BCUT2D eigenvalue weighted by atomic mass is 32.2. The molecule has 0 fully saturated rings. The number of carbonyl (C=O) groups excluding carboxylic acids is 1. The number of halogens is 1. The van der Waals surface area contributed by atoms with E-state index in [1.54, 1.807) is 23.6 Å². The van der Waals surface area contributed by atoms with Gasteiger partial charge in [0, 0.05) is 5.75 Å². The molecule has 0 aliphatic heterocycles. The van der Waals surface area contributed by atoms with Crippen LogP contribution in [0.2, 0.25) is 0 Å². The molecule has 0 radical (unpaired) electrons. The zero-order chi connectivity index (χ0) is 19.5. The first-order valence-electron chi connectivity index (χ1n) is 8.02. The molecule has 0 spiro atoms. The average molecular weight is 434 g/mol. The lowest BCUT2D eigenvalue weighted by atomic mass is 10.2. The molecule has 1 amide bonds. The van der Waals surface area contributed by atoms with Gasteiger partial charge in [0.2, 0.25) is 11.0 Å². The average Bonchev–Trinajstić information content (AvgIpc) is 3.33. The number of aromatic nitrogens is 4. The van der Waals surface area contributed by atoms with Crippen LogP contribution in [0.3, 0.4) is 0 Å². The number of hydrogen-bond donors (Lipinski definition) is 1. The Kier molecular flexibility index (Phi) is 5.46. The highest BCUT2D eigenvalue weighted by molar-refractivity contribution is 8.00. The molecule has 0 saturated heterocycles. The van der Waals surface area contributed by atoms with Gasteiger partial charge in [0.1, 0.15) is 17.2 Å². The van der Waals surface area contributed by atoms with Gasteiger partial charge in [0.05, 0.1) is 11.7 Å². The Balaban J connectivity index is 1.36. The maximum Gasteiger partial charge on any atom is 0.262 e. The molecule has 0 aliphatic rings. The lowest BCUT2D eigenvalue weighted by molar-refractivity contribution is -0.116. The molecule has 0 saturated carbocycles. The maximum atomic E-state index is 12.9. The molecule has 7 nitrogen and oxygen atoms in total. The first-order valence-corrected chi connectivity index (χ1v) is 10.7. The first-order chi connectivity index (χ1) is 13.6. The predicted molar refractivity (Wildman–Crippen MR) is 108 cm³/mol. The summed E-state index contributed by atoms with van der Waals surface area (Å²) in [5.74, 6) is -0.0447. The van der Waals surface area contributed by atoms with E-state index in [4.69, 9.17) is 0 Å². The molecule has 0 atom stereocenters. The number of amides is 1. The number of hydrogen-bond acceptors (Lipinski definition) is 8. The highest BCUT2D eigenvalue weighted by Crippen LogP contribution is 2.28. The van der Waals surface area contributed by atoms with Crippen molar-refractivity contribution in [3.8, 4) is 0 Å². The number of nitrogens with one attached hydrogen (secondary N) is 1. The second-order valence-electron chi connectivity index (χ2n) is 5.65. The fourth-order valence-corrected chi connectivity index (χ4v) is 4.81. The number of fused-ring (bicyclic) bond motifs is 1. The van der Waals surface area contributed by atoms with Crippen molar-refractivity contribution >= 4 is 55.7 Å². The minimum absolute atomic E-state index is 0.157. The van der Waals surface area contributed by atoms with E-state index in [0.29, 0.717) is 25.4 Å². The van der Waals surface area contributed by atoms with Gasteiger partial charge in [-0.3, -0.25) is 19.5 Å². The third-order valence-electron chi connectivity index (χ3n) is 3.69. The number of nitrogens with zero attached hydrogens (tertiary/aromatic N) is 4. The van der Waals surface area contributed by atoms with Gasteiger partial charge in [-0.1, -0.05) is 35.2 Å². The fraction of sp³-hybridized carbons (Fsp3) is 0.118. The van der Waals surface area contributed by atoms with Crippen molar-refractivity contribution < 1.29 is 9.18 Å². The Morgan fingerprint density at radius 3 is 2.86 bits per heavy atom. The van der Waals surface area contributed by atoms with Crippen LogP contribution in [0.1, 0.15) is 5.56 Å². The molecule has 142 valence electrons. The zero-order valence-corrected chi connectivity index (χ0v) is 16.6. The molecule has 4 aromatic rings. The second kappa shape index (κ2) is 8.17. The number of benzene rings is 1. The standard InChI is InChI=1S/C17H12FN5O2S3/c18-11-3-1-10(2-4-11)8-27-17-22-21-16(28-17)20-13(24)7-23-9-19-14-12(15(23)25)5-6-26-14/h1-6,9H,7-8H2,(H,20,21,24). The minimum atomic E-state index is -0.385. The molecular formula is C17H12FN5O2S3. The third kappa shape index (κ3) is 4.26.